The zero-order valence-corrected chi connectivity index (χ0v) is 16.0. The monoisotopic (exact) mass is 418 g/mol. The maximum absolute atomic E-state index is 12.6. The highest BCUT2D eigenvalue weighted by molar-refractivity contribution is 5.54. The minimum atomic E-state index is -4.77. The van der Waals surface area contributed by atoms with Gasteiger partial charge in [0.25, 0.3) is 0 Å². The van der Waals surface area contributed by atoms with Crippen LogP contribution in [0.5, 0.6) is 5.75 Å². The maximum atomic E-state index is 12.6. The fraction of sp³-hybridized carbons (Fsp3) is 0.450. The molecule has 0 amide bonds. The zero-order chi connectivity index (χ0) is 21.1. The topological polar surface area (TPSA) is 94.9 Å². The smallest absolute Gasteiger partial charge is 0.405 e. The van der Waals surface area contributed by atoms with E-state index < -0.39 is 6.36 Å². The van der Waals surface area contributed by atoms with Crippen LogP contribution in [-0.2, 0) is 6.54 Å². The molecule has 2 aromatic rings. The number of alkyl halides is 3. The molecular weight excluding hydrogens is 397 g/mol. The highest BCUT2D eigenvalue weighted by Crippen LogP contribution is 2.30. The van der Waals surface area contributed by atoms with Gasteiger partial charge in [-0.15, -0.1) is 13.2 Å². The molecule has 2 fully saturated rings. The Labute approximate surface area is 171 Å². The number of aromatic nitrogens is 2. The van der Waals surface area contributed by atoms with Crippen molar-refractivity contribution in [3.63, 3.8) is 0 Å². The van der Waals surface area contributed by atoms with Gasteiger partial charge in [-0.05, 0) is 31.7 Å². The fourth-order valence-electron chi connectivity index (χ4n) is 4.08. The number of anilines is 2. The summed E-state index contributed by atoms with van der Waals surface area (Å²) in [6.07, 6.45) is 0.859. The normalized spacial score (nSPS) is 22.9. The highest BCUT2D eigenvalue weighted by Gasteiger charge is 2.34. The van der Waals surface area contributed by atoms with Crippen LogP contribution in [0.25, 0.3) is 0 Å². The summed E-state index contributed by atoms with van der Waals surface area (Å²) in [4.78, 5) is 8.49. The molecule has 0 aliphatic carbocycles. The minimum absolute atomic E-state index is 0.0368. The van der Waals surface area contributed by atoms with Crippen LogP contribution in [-0.4, -0.2) is 34.5 Å². The van der Waals surface area contributed by atoms with Crippen molar-refractivity contribution in [2.45, 2.75) is 56.7 Å². The van der Waals surface area contributed by atoms with E-state index >= 15 is 0 Å². The highest BCUT2D eigenvalue weighted by atomic mass is 19.4. The number of ether oxygens (including phenoxy) is 1. The molecule has 2 aliphatic heterocycles. The van der Waals surface area contributed by atoms with Crippen LogP contribution in [0, 0.1) is 11.3 Å². The summed E-state index contributed by atoms with van der Waals surface area (Å²) in [6, 6.07) is 9.13. The standard InChI is InChI=1S/C20H21F3N6O/c21-20(22,23)30-17-4-2-1-3-12(17)10-25-19-26-11-13(9-24)18(29-19)28-16-7-14-5-6-15(8-16)27-14/h1-4,11,14-16,27H,5-8,10H2,(H2,25,26,28,29). The average molecular weight is 418 g/mol. The van der Waals surface area contributed by atoms with Crippen molar-refractivity contribution in [1.82, 2.24) is 15.3 Å². The lowest BCUT2D eigenvalue weighted by molar-refractivity contribution is -0.274. The van der Waals surface area contributed by atoms with Crippen LogP contribution in [0.2, 0.25) is 0 Å². The Balaban J connectivity index is 1.46. The largest absolute Gasteiger partial charge is 0.573 e. The van der Waals surface area contributed by atoms with Gasteiger partial charge in [0.15, 0.2) is 0 Å². The summed E-state index contributed by atoms with van der Waals surface area (Å²) in [5.74, 6) is 0.367. The van der Waals surface area contributed by atoms with Crippen molar-refractivity contribution >= 4 is 11.8 Å². The molecule has 1 aromatic heterocycles. The number of para-hydroxylation sites is 1. The van der Waals surface area contributed by atoms with Crippen LogP contribution in [0.4, 0.5) is 24.9 Å². The van der Waals surface area contributed by atoms with E-state index in [2.05, 4.69) is 36.7 Å². The summed E-state index contributed by atoms with van der Waals surface area (Å²) in [5, 5.41) is 19.2. The van der Waals surface area contributed by atoms with Crippen LogP contribution in [0.15, 0.2) is 30.5 Å². The number of hydrogen-bond acceptors (Lipinski definition) is 7. The summed E-state index contributed by atoms with van der Waals surface area (Å²) in [6.45, 7) is 0.0368. The molecule has 2 unspecified atom stereocenters. The Kier molecular flexibility index (Phi) is 5.63. The van der Waals surface area contributed by atoms with Crippen molar-refractivity contribution in [2.75, 3.05) is 10.6 Å². The molecule has 10 heteroatoms. The van der Waals surface area contributed by atoms with E-state index in [9.17, 15) is 18.4 Å². The maximum Gasteiger partial charge on any atom is 0.573 e. The van der Waals surface area contributed by atoms with Crippen molar-refractivity contribution in [3.8, 4) is 11.8 Å². The van der Waals surface area contributed by atoms with Gasteiger partial charge in [0, 0.05) is 30.2 Å². The van der Waals surface area contributed by atoms with Crippen molar-refractivity contribution < 1.29 is 17.9 Å². The van der Waals surface area contributed by atoms with Crippen LogP contribution in [0.3, 0.4) is 0 Å². The second-order valence-electron chi connectivity index (χ2n) is 7.53. The SMILES string of the molecule is N#Cc1cnc(NCc2ccccc2OC(F)(F)F)nc1NC1CC2CCC(C1)N2. The van der Waals surface area contributed by atoms with E-state index in [0.717, 1.165) is 25.7 Å². The van der Waals surface area contributed by atoms with E-state index in [1.807, 2.05) is 0 Å². The van der Waals surface area contributed by atoms with E-state index in [1.165, 1.54) is 24.4 Å². The molecule has 0 saturated carbocycles. The Hall–Kier alpha value is -3.06. The molecule has 3 heterocycles. The Bertz CT molecular complexity index is 933. The molecule has 3 N–H and O–H groups in total. The lowest BCUT2D eigenvalue weighted by atomic mass is 10.00. The number of nitrogens with zero attached hydrogens (tertiary/aromatic N) is 3. The summed E-state index contributed by atoms with van der Waals surface area (Å²) >= 11 is 0. The van der Waals surface area contributed by atoms with Gasteiger partial charge in [0.05, 0.1) is 6.20 Å². The average Bonchev–Trinajstić information content (AvgIpc) is 3.04. The fourth-order valence-corrected chi connectivity index (χ4v) is 4.08. The van der Waals surface area contributed by atoms with Gasteiger partial charge in [-0.25, -0.2) is 4.98 Å². The van der Waals surface area contributed by atoms with Gasteiger partial charge < -0.3 is 20.7 Å². The number of hydrogen-bond donors (Lipinski definition) is 3. The molecule has 2 bridgehead atoms. The molecule has 0 spiro atoms. The summed E-state index contributed by atoms with van der Waals surface area (Å²) in [7, 11) is 0. The van der Waals surface area contributed by atoms with Crippen molar-refractivity contribution in [2.24, 2.45) is 0 Å². The van der Waals surface area contributed by atoms with Gasteiger partial charge in [-0.3, -0.25) is 0 Å². The van der Waals surface area contributed by atoms with Crippen LogP contribution < -0.4 is 20.7 Å². The second kappa shape index (κ2) is 8.36. The number of nitriles is 1. The molecule has 2 atom stereocenters. The zero-order valence-electron chi connectivity index (χ0n) is 16.0. The molecule has 4 rings (SSSR count). The predicted octanol–water partition coefficient (Wildman–Crippen LogP) is 3.55. The number of benzene rings is 1. The predicted molar refractivity (Wildman–Crippen MR) is 104 cm³/mol. The van der Waals surface area contributed by atoms with Gasteiger partial charge in [-0.1, -0.05) is 18.2 Å². The Morgan fingerprint density at radius 1 is 1.20 bits per heavy atom. The lowest BCUT2D eigenvalue weighted by Crippen LogP contribution is -2.43. The first-order valence-electron chi connectivity index (χ1n) is 9.77. The molecule has 30 heavy (non-hydrogen) atoms. The summed E-state index contributed by atoms with van der Waals surface area (Å²) < 4.78 is 41.8. The molecule has 1 aromatic carbocycles. The molecule has 7 nitrogen and oxygen atoms in total. The Morgan fingerprint density at radius 2 is 1.93 bits per heavy atom. The first-order valence-corrected chi connectivity index (χ1v) is 9.77. The summed E-state index contributed by atoms with van der Waals surface area (Å²) in [5.41, 5.74) is 0.638. The van der Waals surface area contributed by atoms with E-state index in [1.54, 1.807) is 6.07 Å². The van der Waals surface area contributed by atoms with E-state index in [-0.39, 0.29) is 24.3 Å². The third kappa shape index (κ3) is 4.91. The molecule has 2 saturated heterocycles. The number of halogens is 3. The minimum Gasteiger partial charge on any atom is -0.405 e. The van der Waals surface area contributed by atoms with Crippen LogP contribution >= 0.6 is 0 Å². The number of nitrogens with one attached hydrogen (secondary N) is 3. The van der Waals surface area contributed by atoms with Gasteiger partial charge in [0.2, 0.25) is 5.95 Å². The Morgan fingerprint density at radius 3 is 2.63 bits per heavy atom. The lowest BCUT2D eigenvalue weighted by Gasteiger charge is -2.30. The van der Waals surface area contributed by atoms with Gasteiger partial charge in [0.1, 0.15) is 23.2 Å². The van der Waals surface area contributed by atoms with Gasteiger partial charge >= 0.3 is 6.36 Å². The van der Waals surface area contributed by atoms with Crippen molar-refractivity contribution in [3.05, 3.63) is 41.6 Å². The molecule has 158 valence electrons. The van der Waals surface area contributed by atoms with Crippen LogP contribution in [0.1, 0.15) is 36.8 Å². The molecular formula is C20H21F3N6O. The van der Waals surface area contributed by atoms with E-state index in [4.69, 9.17) is 0 Å². The molecule has 2 aliphatic rings. The quantitative estimate of drug-likeness (QED) is 0.660. The first-order chi connectivity index (χ1) is 14.4. The number of piperidine rings is 1. The second-order valence-corrected chi connectivity index (χ2v) is 7.53. The third-order valence-corrected chi connectivity index (χ3v) is 5.36. The third-order valence-electron chi connectivity index (χ3n) is 5.36. The first kappa shape index (κ1) is 20.2. The number of fused-ring (bicyclic) bond motifs is 2. The van der Waals surface area contributed by atoms with E-state index in [0.29, 0.717) is 29.0 Å². The van der Waals surface area contributed by atoms with Crippen molar-refractivity contribution in [1.29, 1.82) is 5.26 Å². The number of rotatable bonds is 6. The molecule has 0 radical (unpaired) electrons. The van der Waals surface area contributed by atoms with Gasteiger partial charge in [-0.2, -0.15) is 10.2 Å².